The minimum Gasteiger partial charge on any atom is -0.482 e. The van der Waals surface area contributed by atoms with Gasteiger partial charge in [-0.3, -0.25) is 4.79 Å². The Morgan fingerprint density at radius 3 is 2.59 bits per heavy atom. The maximum atomic E-state index is 12.3. The molecule has 0 unspecified atom stereocenters. The van der Waals surface area contributed by atoms with Crippen LogP contribution in [-0.4, -0.2) is 44.6 Å². The van der Waals surface area contributed by atoms with E-state index < -0.39 is 22.0 Å². The molecule has 2 aliphatic rings. The zero-order valence-electron chi connectivity index (χ0n) is 12.3. The number of fused-ring (bicyclic) bond motifs is 1. The highest BCUT2D eigenvalue weighted by molar-refractivity contribution is 7.91. The first kappa shape index (κ1) is 15.1. The molecule has 0 radical (unpaired) electrons. The molecule has 2 heterocycles. The monoisotopic (exact) mass is 325 g/mol. The first-order chi connectivity index (χ1) is 10.4. The highest BCUT2D eigenvalue weighted by Gasteiger charge is 2.35. The predicted molar refractivity (Wildman–Crippen MR) is 80.7 cm³/mol. The fraction of sp³-hybridized carbons (Fsp3) is 0.533. The van der Waals surface area contributed by atoms with E-state index in [2.05, 4.69) is 5.32 Å². The molecule has 0 bridgehead atoms. The van der Waals surface area contributed by atoms with Crippen molar-refractivity contribution in [3.63, 3.8) is 0 Å². The maximum absolute atomic E-state index is 12.3. The highest BCUT2D eigenvalue weighted by Crippen LogP contribution is 2.33. The summed E-state index contributed by atoms with van der Waals surface area (Å²) in [6.45, 7) is 2.13. The van der Waals surface area contributed by atoms with Crippen LogP contribution >= 0.6 is 0 Å². The van der Waals surface area contributed by atoms with E-state index in [1.165, 1.54) is 0 Å². The minimum atomic E-state index is -2.93. The van der Waals surface area contributed by atoms with E-state index in [1.54, 1.807) is 19.1 Å². The number of ether oxygens (including phenoxy) is 2. The Hall–Kier alpha value is -1.76. The Morgan fingerprint density at radius 1 is 1.27 bits per heavy atom. The molecule has 0 aromatic heterocycles. The Kier molecular flexibility index (Phi) is 3.99. The van der Waals surface area contributed by atoms with E-state index in [0.29, 0.717) is 24.5 Å². The van der Waals surface area contributed by atoms with Crippen LogP contribution in [0.2, 0.25) is 0 Å². The number of hydrogen-bond donors (Lipinski definition) is 1. The van der Waals surface area contributed by atoms with Gasteiger partial charge in [0.15, 0.2) is 21.3 Å². The molecule has 22 heavy (non-hydrogen) atoms. The van der Waals surface area contributed by atoms with Crippen LogP contribution in [0.4, 0.5) is 0 Å². The summed E-state index contributed by atoms with van der Waals surface area (Å²) in [7, 11) is -2.93. The Bertz CT molecular complexity index is 672. The highest BCUT2D eigenvalue weighted by atomic mass is 32.2. The fourth-order valence-corrected chi connectivity index (χ4v) is 4.65. The summed E-state index contributed by atoms with van der Waals surface area (Å²) in [4.78, 5) is 12.3. The summed E-state index contributed by atoms with van der Waals surface area (Å²) in [5.74, 6) is 1.24. The third kappa shape index (κ3) is 3.19. The van der Waals surface area contributed by atoms with Gasteiger partial charge in [0.05, 0.1) is 11.5 Å². The van der Waals surface area contributed by atoms with Crippen LogP contribution in [0, 0.1) is 5.92 Å². The van der Waals surface area contributed by atoms with Crippen molar-refractivity contribution >= 4 is 15.7 Å². The van der Waals surface area contributed by atoms with Gasteiger partial charge in [0.25, 0.3) is 5.91 Å². The lowest BCUT2D eigenvalue weighted by atomic mass is 10.1. The molecular weight excluding hydrogens is 306 g/mol. The van der Waals surface area contributed by atoms with Crippen molar-refractivity contribution in [1.29, 1.82) is 0 Å². The standard InChI is InChI=1S/C15H19NO5S/c1-10-14(21-13-5-3-2-4-12(13)20-10)15(17)16-8-11-6-7-22(18,19)9-11/h2-5,10-11,14H,6-9H2,1H3,(H,16,17)/t10-,11+,14-/m0/s1. The molecule has 0 saturated carbocycles. The van der Waals surface area contributed by atoms with Gasteiger partial charge in [-0.05, 0) is 31.4 Å². The normalized spacial score (nSPS) is 29.0. The lowest BCUT2D eigenvalue weighted by Crippen LogP contribution is -2.49. The van der Waals surface area contributed by atoms with Crippen LogP contribution in [-0.2, 0) is 14.6 Å². The van der Waals surface area contributed by atoms with Gasteiger partial charge in [-0.2, -0.15) is 0 Å². The first-order valence-corrected chi connectivity index (χ1v) is 9.17. The van der Waals surface area contributed by atoms with Crippen molar-refractivity contribution < 1.29 is 22.7 Å². The van der Waals surface area contributed by atoms with E-state index in [-0.39, 0.29) is 23.3 Å². The number of para-hydroxylation sites is 2. The van der Waals surface area contributed by atoms with Gasteiger partial charge < -0.3 is 14.8 Å². The molecule has 3 atom stereocenters. The first-order valence-electron chi connectivity index (χ1n) is 7.35. The zero-order chi connectivity index (χ0) is 15.7. The van der Waals surface area contributed by atoms with Crippen LogP contribution in [0.3, 0.4) is 0 Å². The lowest BCUT2D eigenvalue weighted by Gasteiger charge is -2.31. The quantitative estimate of drug-likeness (QED) is 0.887. The predicted octanol–water partition coefficient (Wildman–Crippen LogP) is 0.766. The second-order valence-corrected chi connectivity index (χ2v) is 8.05. The molecule has 3 rings (SSSR count). The Morgan fingerprint density at radius 2 is 1.95 bits per heavy atom. The van der Waals surface area contributed by atoms with E-state index in [1.807, 2.05) is 12.1 Å². The zero-order valence-corrected chi connectivity index (χ0v) is 13.1. The van der Waals surface area contributed by atoms with Crippen LogP contribution < -0.4 is 14.8 Å². The summed E-state index contributed by atoms with van der Waals surface area (Å²) in [6.07, 6.45) is -0.529. The molecule has 1 fully saturated rings. The number of rotatable bonds is 3. The third-order valence-corrected chi connectivity index (χ3v) is 5.83. The number of carbonyl (C=O) groups excluding carboxylic acids is 1. The van der Waals surface area contributed by atoms with Gasteiger partial charge in [0.2, 0.25) is 6.10 Å². The van der Waals surface area contributed by atoms with Gasteiger partial charge in [-0.25, -0.2) is 8.42 Å². The molecule has 1 aromatic carbocycles. The van der Waals surface area contributed by atoms with Crippen molar-refractivity contribution in [2.45, 2.75) is 25.6 Å². The number of nitrogens with one attached hydrogen (secondary N) is 1. The van der Waals surface area contributed by atoms with Crippen molar-refractivity contribution in [1.82, 2.24) is 5.32 Å². The summed E-state index contributed by atoms with van der Waals surface area (Å²) in [5, 5.41) is 2.78. The molecular formula is C15H19NO5S. The molecule has 2 aliphatic heterocycles. The van der Waals surface area contributed by atoms with Crippen molar-refractivity contribution in [3.05, 3.63) is 24.3 Å². The van der Waals surface area contributed by atoms with Crippen LogP contribution in [0.15, 0.2) is 24.3 Å². The summed E-state index contributed by atoms with van der Waals surface area (Å²) < 4.78 is 34.2. The van der Waals surface area contributed by atoms with Gasteiger partial charge in [-0.1, -0.05) is 12.1 Å². The molecule has 0 aliphatic carbocycles. The van der Waals surface area contributed by atoms with Crippen LogP contribution in [0.5, 0.6) is 11.5 Å². The lowest BCUT2D eigenvalue weighted by molar-refractivity contribution is -0.133. The average molecular weight is 325 g/mol. The fourth-order valence-electron chi connectivity index (χ4n) is 2.78. The van der Waals surface area contributed by atoms with E-state index >= 15 is 0 Å². The van der Waals surface area contributed by atoms with E-state index in [0.717, 1.165) is 0 Å². The summed E-state index contributed by atoms with van der Waals surface area (Å²) >= 11 is 0. The second-order valence-electron chi connectivity index (χ2n) is 5.82. The molecule has 120 valence electrons. The minimum absolute atomic E-state index is 0.0129. The van der Waals surface area contributed by atoms with E-state index in [4.69, 9.17) is 9.47 Å². The molecule has 1 amide bonds. The van der Waals surface area contributed by atoms with Gasteiger partial charge >= 0.3 is 0 Å². The average Bonchev–Trinajstić information content (AvgIpc) is 2.83. The third-order valence-electron chi connectivity index (χ3n) is 3.99. The van der Waals surface area contributed by atoms with Crippen LogP contribution in [0.25, 0.3) is 0 Å². The van der Waals surface area contributed by atoms with Crippen molar-refractivity contribution in [2.75, 3.05) is 18.1 Å². The Balaban J connectivity index is 1.59. The van der Waals surface area contributed by atoms with Crippen LogP contribution in [0.1, 0.15) is 13.3 Å². The van der Waals surface area contributed by atoms with Gasteiger partial charge in [0.1, 0.15) is 6.10 Å². The molecule has 0 spiro atoms. The number of sulfone groups is 1. The number of carbonyl (C=O) groups is 1. The van der Waals surface area contributed by atoms with Gasteiger partial charge in [-0.15, -0.1) is 0 Å². The van der Waals surface area contributed by atoms with E-state index in [9.17, 15) is 13.2 Å². The largest absolute Gasteiger partial charge is 0.482 e. The number of amides is 1. The maximum Gasteiger partial charge on any atom is 0.265 e. The van der Waals surface area contributed by atoms with Gasteiger partial charge in [0, 0.05) is 6.54 Å². The SMILES string of the molecule is C[C@@H]1Oc2ccccc2O[C@@H]1C(=O)NC[C@H]1CCS(=O)(=O)C1. The summed E-state index contributed by atoms with van der Waals surface area (Å²) in [5.41, 5.74) is 0. The molecule has 1 saturated heterocycles. The number of hydrogen-bond acceptors (Lipinski definition) is 5. The summed E-state index contributed by atoms with van der Waals surface area (Å²) in [6, 6.07) is 7.21. The molecule has 7 heteroatoms. The molecule has 1 aromatic rings. The smallest absolute Gasteiger partial charge is 0.265 e. The molecule has 1 N–H and O–H groups in total. The second kappa shape index (κ2) is 5.79. The molecule has 6 nitrogen and oxygen atoms in total. The number of benzene rings is 1. The Labute approximate surface area is 129 Å². The van der Waals surface area contributed by atoms with Crippen molar-refractivity contribution in [2.24, 2.45) is 5.92 Å². The van der Waals surface area contributed by atoms with Crippen molar-refractivity contribution in [3.8, 4) is 11.5 Å². The topological polar surface area (TPSA) is 81.7 Å².